The summed E-state index contributed by atoms with van der Waals surface area (Å²) in [6, 6.07) is 0. The number of hydrazine groups is 1. The van der Waals surface area contributed by atoms with Gasteiger partial charge >= 0.3 is 0 Å². The molecule has 1 aliphatic rings. The fourth-order valence-electron chi connectivity index (χ4n) is 0.330. The molecule has 0 spiro atoms. The first kappa shape index (κ1) is 4.01. The molecule has 3 N–H and O–H groups in total. The monoisotopic (exact) mass is 89.1 g/mol. The number of hydrogen-bond acceptors (Lipinski definition) is 4. The highest BCUT2D eigenvalue weighted by Crippen LogP contribution is 1.81. The maximum atomic E-state index is 5.08. The molecule has 0 atom stereocenters. The van der Waals surface area contributed by atoms with Gasteiger partial charge in [0.2, 0.25) is 0 Å². The number of nitrogens with one attached hydrogen (secondary N) is 1. The lowest BCUT2D eigenvalue weighted by atomic mass is 10.7. The Labute approximate surface area is 35.7 Å². The first-order valence-corrected chi connectivity index (χ1v) is 1.81. The van der Waals surface area contributed by atoms with Gasteiger partial charge in [0.1, 0.15) is 0 Å². The summed E-state index contributed by atoms with van der Waals surface area (Å²) in [5, 5.41) is 1.25. The van der Waals surface area contributed by atoms with E-state index in [0.29, 0.717) is 0 Å². The van der Waals surface area contributed by atoms with Crippen LogP contribution in [0.25, 0.3) is 0 Å². The largest absolute Gasteiger partial charge is 0.244 e. The summed E-state index contributed by atoms with van der Waals surface area (Å²) < 4.78 is 0. The van der Waals surface area contributed by atoms with Crippen LogP contribution >= 0.6 is 0 Å². The molecule has 1 fully saturated rings. The summed E-state index contributed by atoms with van der Waals surface area (Å²) in [7, 11) is 0. The van der Waals surface area contributed by atoms with Crippen LogP contribution in [0, 0.1) is 0 Å². The fourth-order valence-corrected chi connectivity index (χ4v) is 0.330. The van der Waals surface area contributed by atoms with Gasteiger partial charge in [-0.05, 0) is 0 Å². The highest BCUT2D eigenvalue weighted by molar-refractivity contribution is 4.40. The van der Waals surface area contributed by atoms with Gasteiger partial charge in [0.05, 0.1) is 6.54 Å². The van der Waals surface area contributed by atoms with Gasteiger partial charge < -0.3 is 0 Å². The average Bonchev–Trinajstić information content (AvgIpc) is 1.86. The molecule has 0 amide bonds. The van der Waals surface area contributed by atoms with Gasteiger partial charge in [0, 0.05) is 6.54 Å². The maximum Gasteiger partial charge on any atom is 0.0567 e. The average molecular weight is 89.1 g/mol. The maximum absolute atomic E-state index is 5.08. The van der Waals surface area contributed by atoms with Crippen LogP contribution in [0.1, 0.15) is 0 Å². The Hall–Kier alpha value is -0.160. The van der Waals surface area contributed by atoms with Gasteiger partial charge in [-0.3, -0.25) is 0 Å². The van der Waals surface area contributed by atoms with Crippen molar-refractivity contribution in [2.75, 3.05) is 13.1 Å². The molecule has 0 unspecified atom stereocenters. The molecule has 0 bridgehead atoms. The Bertz CT molecular complexity index is 42.1. The van der Waals surface area contributed by atoms with Crippen molar-refractivity contribution in [3.05, 3.63) is 0 Å². The summed E-state index contributed by atoms with van der Waals surface area (Å²) in [6.07, 6.45) is 0. The predicted octanol–water partition coefficient (Wildman–Crippen LogP) is -1.39. The van der Waals surface area contributed by atoms with E-state index in [9.17, 15) is 0 Å². The van der Waals surface area contributed by atoms with Crippen molar-refractivity contribution in [2.24, 2.45) is 5.84 Å². The third kappa shape index (κ3) is 0.662. The van der Waals surface area contributed by atoms with Crippen LogP contribution in [0.4, 0.5) is 0 Å². The Morgan fingerprint density at radius 2 is 2.67 bits per heavy atom. The first-order chi connectivity index (χ1) is 2.89. The van der Waals surface area contributed by atoms with Gasteiger partial charge in [0.25, 0.3) is 0 Å². The Kier molecular flexibility index (Phi) is 1.02. The second-order valence-electron chi connectivity index (χ2n) is 1.13. The second kappa shape index (κ2) is 1.53. The molecule has 0 aromatic heterocycles. The van der Waals surface area contributed by atoms with Crippen molar-refractivity contribution in [3.63, 3.8) is 0 Å². The third-order valence-electron chi connectivity index (χ3n) is 0.616. The molecule has 6 heavy (non-hydrogen) atoms. The van der Waals surface area contributed by atoms with Gasteiger partial charge in [-0.1, -0.05) is 0 Å². The summed E-state index contributed by atoms with van der Waals surface area (Å²) in [4.78, 5) is 4.51. The number of rotatable bonds is 0. The first-order valence-electron chi connectivity index (χ1n) is 1.81. The van der Waals surface area contributed by atoms with E-state index in [-0.39, 0.29) is 0 Å². The zero-order valence-corrected chi connectivity index (χ0v) is 3.35. The standard InChI is InChI=1S/C2H7N3O/c3-5-2-1-4-6-5/h4H,1-3H2. The van der Waals surface area contributed by atoms with Gasteiger partial charge in [-0.2, -0.15) is 10.4 Å². The lowest BCUT2D eigenvalue weighted by molar-refractivity contribution is -0.159. The molecule has 0 aliphatic carbocycles. The van der Waals surface area contributed by atoms with Gasteiger partial charge in [-0.15, -0.1) is 5.17 Å². The molecule has 1 heterocycles. The molecule has 0 radical (unpaired) electrons. The third-order valence-corrected chi connectivity index (χ3v) is 0.616. The molecule has 0 aromatic carbocycles. The van der Waals surface area contributed by atoms with Crippen molar-refractivity contribution in [2.45, 2.75) is 0 Å². The zero-order chi connectivity index (χ0) is 4.41. The predicted molar refractivity (Wildman–Crippen MR) is 20.0 cm³/mol. The zero-order valence-electron chi connectivity index (χ0n) is 3.35. The van der Waals surface area contributed by atoms with Crippen LogP contribution in [0.3, 0.4) is 0 Å². The topological polar surface area (TPSA) is 50.5 Å². The van der Waals surface area contributed by atoms with E-state index in [1.54, 1.807) is 0 Å². The normalized spacial score (nSPS) is 25.5. The van der Waals surface area contributed by atoms with Crippen LogP contribution in [0.5, 0.6) is 0 Å². The number of nitrogens with zero attached hydrogens (tertiary/aromatic N) is 1. The highest BCUT2D eigenvalue weighted by Gasteiger charge is 2.04. The summed E-state index contributed by atoms with van der Waals surface area (Å²) >= 11 is 0. The van der Waals surface area contributed by atoms with E-state index < -0.39 is 0 Å². The minimum absolute atomic E-state index is 0.764. The van der Waals surface area contributed by atoms with Crippen molar-refractivity contribution in [3.8, 4) is 0 Å². The summed E-state index contributed by atoms with van der Waals surface area (Å²) in [6.45, 7) is 1.58. The Morgan fingerprint density at radius 3 is 2.83 bits per heavy atom. The van der Waals surface area contributed by atoms with E-state index >= 15 is 0 Å². The van der Waals surface area contributed by atoms with Crippen molar-refractivity contribution in [1.29, 1.82) is 0 Å². The molecule has 1 rings (SSSR count). The van der Waals surface area contributed by atoms with E-state index in [1.165, 1.54) is 5.17 Å². The molecule has 4 nitrogen and oxygen atoms in total. The smallest absolute Gasteiger partial charge is 0.0567 e. The fraction of sp³-hybridized carbons (Fsp3) is 1.00. The molecule has 1 saturated heterocycles. The highest BCUT2D eigenvalue weighted by atomic mass is 16.8. The SMILES string of the molecule is NN1CCNO1. The molecule has 4 heteroatoms. The van der Waals surface area contributed by atoms with Crippen molar-refractivity contribution >= 4 is 0 Å². The van der Waals surface area contributed by atoms with E-state index in [2.05, 4.69) is 10.4 Å². The number of nitrogens with two attached hydrogens (primary N) is 1. The van der Waals surface area contributed by atoms with E-state index in [0.717, 1.165) is 13.1 Å². The van der Waals surface area contributed by atoms with Crippen LogP contribution < -0.4 is 11.3 Å². The minimum Gasteiger partial charge on any atom is -0.244 e. The number of hydrogen-bond donors (Lipinski definition) is 2. The Morgan fingerprint density at radius 1 is 1.83 bits per heavy atom. The van der Waals surface area contributed by atoms with Crippen LogP contribution in [-0.4, -0.2) is 18.3 Å². The Balaban J connectivity index is 2.18. The summed E-state index contributed by atoms with van der Waals surface area (Å²) in [5.41, 5.74) is 2.57. The molecule has 36 valence electrons. The van der Waals surface area contributed by atoms with Crippen LogP contribution in [0.15, 0.2) is 0 Å². The van der Waals surface area contributed by atoms with Gasteiger partial charge in [-0.25, -0.2) is 5.84 Å². The van der Waals surface area contributed by atoms with Crippen molar-refractivity contribution < 1.29 is 4.94 Å². The van der Waals surface area contributed by atoms with Crippen LogP contribution in [0.2, 0.25) is 0 Å². The van der Waals surface area contributed by atoms with Crippen molar-refractivity contribution in [1.82, 2.24) is 10.7 Å². The minimum atomic E-state index is 0.764. The summed E-state index contributed by atoms with van der Waals surface area (Å²) in [5.74, 6) is 5.08. The van der Waals surface area contributed by atoms with E-state index in [1.807, 2.05) is 0 Å². The molecule has 1 aliphatic heterocycles. The van der Waals surface area contributed by atoms with Crippen LogP contribution in [-0.2, 0) is 4.94 Å². The van der Waals surface area contributed by atoms with E-state index in [4.69, 9.17) is 5.84 Å². The molecule has 0 saturated carbocycles. The molecule has 0 aromatic rings. The lowest BCUT2D eigenvalue weighted by Crippen LogP contribution is -2.26. The second-order valence-corrected chi connectivity index (χ2v) is 1.13. The number of hydroxylamine groups is 2. The lowest BCUT2D eigenvalue weighted by Gasteiger charge is -1.98. The quantitative estimate of drug-likeness (QED) is 0.359. The van der Waals surface area contributed by atoms with Gasteiger partial charge in [0.15, 0.2) is 0 Å². The molecular formula is C2H7N3O. The molecular weight excluding hydrogens is 82.0 g/mol.